The van der Waals surface area contributed by atoms with Gasteiger partial charge in [-0.15, -0.1) is 10.2 Å². The number of halogens is 6. The van der Waals surface area contributed by atoms with Crippen molar-refractivity contribution in [2.24, 2.45) is 0 Å². The fourth-order valence-electron chi connectivity index (χ4n) is 3.81. The minimum absolute atomic E-state index is 0.146. The molecule has 1 heterocycles. The van der Waals surface area contributed by atoms with Crippen molar-refractivity contribution in [3.8, 4) is 11.5 Å². The Labute approximate surface area is 202 Å². The Morgan fingerprint density at radius 3 is 2.14 bits per heavy atom. The standard InChI is InChI=1S/C23H26F6N2O5/c1-21(2,20(32)33)36-16-9-7-15(8-10-16)34-17(11-12-22(24,25)26)19-31-30-18(35-19)13-3-5-14(6-4-13)23(27,28)29/h3-6,15-17H,7-12H2,1-2H3,(H,32,33). The van der Waals surface area contributed by atoms with Gasteiger partial charge in [0.1, 0.15) is 6.10 Å². The van der Waals surface area contributed by atoms with E-state index in [1.165, 1.54) is 13.8 Å². The van der Waals surface area contributed by atoms with Crippen LogP contribution in [0.2, 0.25) is 0 Å². The van der Waals surface area contributed by atoms with E-state index in [0.29, 0.717) is 25.7 Å². The molecule has 2 aromatic rings. The molecule has 1 aliphatic rings. The maximum absolute atomic E-state index is 12.9. The van der Waals surface area contributed by atoms with E-state index in [1.54, 1.807) is 0 Å². The number of rotatable bonds is 9. The van der Waals surface area contributed by atoms with Crippen molar-refractivity contribution in [3.63, 3.8) is 0 Å². The van der Waals surface area contributed by atoms with E-state index in [1.807, 2.05) is 0 Å². The number of nitrogens with zero attached hydrogens (tertiary/aromatic N) is 2. The van der Waals surface area contributed by atoms with Gasteiger partial charge in [0, 0.05) is 12.0 Å². The molecule has 1 aromatic heterocycles. The lowest BCUT2D eigenvalue weighted by Crippen LogP contribution is -2.40. The summed E-state index contributed by atoms with van der Waals surface area (Å²) in [4.78, 5) is 11.3. The van der Waals surface area contributed by atoms with Crippen LogP contribution in [0, 0.1) is 0 Å². The maximum Gasteiger partial charge on any atom is 0.416 e. The molecule has 1 atom stereocenters. The summed E-state index contributed by atoms with van der Waals surface area (Å²) in [5, 5.41) is 16.8. The Bertz CT molecular complexity index is 1010. The third kappa shape index (κ3) is 7.66. The normalized spacial score (nSPS) is 20.3. The molecule has 7 nitrogen and oxygen atoms in total. The number of carbonyl (C=O) groups is 1. The Balaban J connectivity index is 1.68. The molecule has 1 N–H and O–H groups in total. The molecule has 1 saturated carbocycles. The van der Waals surface area contributed by atoms with Gasteiger partial charge < -0.3 is 19.0 Å². The Kier molecular flexibility index (Phi) is 8.33. The number of alkyl halides is 6. The van der Waals surface area contributed by atoms with Gasteiger partial charge >= 0.3 is 18.3 Å². The third-order valence-corrected chi connectivity index (χ3v) is 5.82. The molecular weight excluding hydrogens is 498 g/mol. The van der Waals surface area contributed by atoms with Gasteiger partial charge in [-0.25, -0.2) is 4.79 Å². The molecule has 1 aliphatic carbocycles. The van der Waals surface area contributed by atoms with Gasteiger partial charge in [0.25, 0.3) is 0 Å². The molecule has 0 radical (unpaired) electrons. The van der Waals surface area contributed by atoms with Crippen LogP contribution in [0.1, 0.15) is 69.9 Å². The second-order valence-corrected chi connectivity index (χ2v) is 9.13. The van der Waals surface area contributed by atoms with Crippen molar-refractivity contribution in [1.29, 1.82) is 0 Å². The van der Waals surface area contributed by atoms with Crippen molar-refractivity contribution in [1.82, 2.24) is 10.2 Å². The lowest BCUT2D eigenvalue weighted by Gasteiger charge is -2.34. The summed E-state index contributed by atoms with van der Waals surface area (Å²) in [6, 6.07) is 3.93. The molecule has 1 fully saturated rings. The molecule has 0 spiro atoms. The highest BCUT2D eigenvalue weighted by Gasteiger charge is 2.36. The highest BCUT2D eigenvalue weighted by atomic mass is 19.4. The van der Waals surface area contributed by atoms with Crippen LogP contribution in [0.5, 0.6) is 0 Å². The summed E-state index contributed by atoms with van der Waals surface area (Å²) in [6.45, 7) is 2.88. The molecule has 1 aromatic carbocycles. The average Bonchev–Trinajstić information content (AvgIpc) is 3.26. The lowest BCUT2D eigenvalue weighted by molar-refractivity contribution is -0.173. The van der Waals surface area contributed by atoms with Gasteiger partial charge in [-0.1, -0.05) is 0 Å². The van der Waals surface area contributed by atoms with Gasteiger partial charge in [-0.3, -0.25) is 0 Å². The number of aliphatic carboxylic acids is 1. The molecule has 0 aliphatic heterocycles. The van der Waals surface area contributed by atoms with Crippen LogP contribution in [-0.2, 0) is 20.4 Å². The van der Waals surface area contributed by atoms with Gasteiger partial charge in [0.2, 0.25) is 11.8 Å². The third-order valence-electron chi connectivity index (χ3n) is 5.82. The highest BCUT2D eigenvalue weighted by Crippen LogP contribution is 2.36. The average molecular weight is 524 g/mol. The Morgan fingerprint density at radius 2 is 1.61 bits per heavy atom. The van der Waals surface area contributed by atoms with Gasteiger partial charge in [0.05, 0.1) is 17.8 Å². The lowest BCUT2D eigenvalue weighted by atomic mass is 9.94. The summed E-state index contributed by atoms with van der Waals surface area (Å²) in [7, 11) is 0. The number of ether oxygens (including phenoxy) is 2. The minimum atomic E-state index is -4.53. The monoisotopic (exact) mass is 524 g/mol. The smallest absolute Gasteiger partial charge is 0.416 e. The van der Waals surface area contributed by atoms with Crippen molar-refractivity contribution >= 4 is 5.97 Å². The van der Waals surface area contributed by atoms with E-state index >= 15 is 0 Å². The zero-order valence-corrected chi connectivity index (χ0v) is 19.5. The van der Waals surface area contributed by atoms with Gasteiger partial charge in [0.15, 0.2) is 5.60 Å². The van der Waals surface area contributed by atoms with Crippen LogP contribution in [0.15, 0.2) is 28.7 Å². The molecule has 3 rings (SSSR count). The van der Waals surface area contributed by atoms with Crippen LogP contribution in [0.25, 0.3) is 11.5 Å². The van der Waals surface area contributed by atoms with E-state index in [0.717, 1.165) is 24.3 Å². The fourth-order valence-corrected chi connectivity index (χ4v) is 3.81. The zero-order valence-electron chi connectivity index (χ0n) is 19.5. The van der Waals surface area contributed by atoms with Gasteiger partial charge in [-0.05, 0) is 70.2 Å². The SMILES string of the molecule is CC(C)(OC1CCC(OC(CCC(F)(F)F)c2nnc(-c3ccc(C(F)(F)F)cc3)o2)CC1)C(=O)O. The first-order valence-electron chi connectivity index (χ1n) is 11.3. The van der Waals surface area contributed by atoms with Gasteiger partial charge in [-0.2, -0.15) is 26.3 Å². The number of hydrogen-bond donors (Lipinski definition) is 1. The maximum atomic E-state index is 12.9. The number of hydrogen-bond acceptors (Lipinski definition) is 6. The van der Waals surface area contributed by atoms with Crippen LogP contribution in [0.4, 0.5) is 26.3 Å². The second-order valence-electron chi connectivity index (χ2n) is 9.13. The predicted octanol–water partition coefficient (Wildman–Crippen LogP) is 6.35. The van der Waals surface area contributed by atoms with E-state index in [9.17, 15) is 36.2 Å². The Morgan fingerprint density at radius 1 is 1.03 bits per heavy atom. The van der Waals surface area contributed by atoms with E-state index in [4.69, 9.17) is 13.9 Å². The highest BCUT2D eigenvalue weighted by molar-refractivity contribution is 5.76. The van der Waals surface area contributed by atoms with Crippen molar-refractivity contribution in [3.05, 3.63) is 35.7 Å². The summed E-state index contributed by atoms with van der Waals surface area (Å²) in [5.41, 5.74) is -2.06. The molecular formula is C23H26F6N2O5. The van der Waals surface area contributed by atoms with Crippen LogP contribution >= 0.6 is 0 Å². The fraction of sp³-hybridized carbons (Fsp3) is 0.609. The topological polar surface area (TPSA) is 94.7 Å². The largest absolute Gasteiger partial charge is 0.479 e. The van der Waals surface area contributed by atoms with Crippen molar-refractivity contribution in [2.75, 3.05) is 0 Å². The zero-order chi connectivity index (χ0) is 26.7. The van der Waals surface area contributed by atoms with Crippen LogP contribution < -0.4 is 0 Å². The first-order valence-corrected chi connectivity index (χ1v) is 11.3. The summed E-state index contributed by atoms with van der Waals surface area (Å²) in [5.74, 6) is -1.46. The molecule has 1 unspecified atom stereocenters. The molecule has 0 amide bonds. The summed E-state index contributed by atoms with van der Waals surface area (Å²) < 4.78 is 94.1. The first kappa shape index (κ1) is 27.9. The number of carboxylic acids is 1. The van der Waals surface area contributed by atoms with Crippen LogP contribution in [0.3, 0.4) is 0 Å². The molecule has 200 valence electrons. The minimum Gasteiger partial charge on any atom is -0.479 e. The number of aromatic nitrogens is 2. The second kappa shape index (κ2) is 10.8. The number of benzene rings is 1. The van der Waals surface area contributed by atoms with E-state index in [-0.39, 0.29) is 23.4 Å². The Hall–Kier alpha value is -2.67. The van der Waals surface area contributed by atoms with E-state index < -0.39 is 54.5 Å². The quantitative estimate of drug-likeness (QED) is 0.382. The molecule has 0 bridgehead atoms. The predicted molar refractivity (Wildman–Crippen MR) is 113 cm³/mol. The summed E-state index contributed by atoms with van der Waals surface area (Å²) >= 11 is 0. The number of carboxylic acid groups (broad SMARTS) is 1. The van der Waals surface area contributed by atoms with Crippen LogP contribution in [-0.4, -0.2) is 45.3 Å². The van der Waals surface area contributed by atoms with Crippen molar-refractivity contribution < 1.29 is 50.1 Å². The molecule has 13 heteroatoms. The van der Waals surface area contributed by atoms with E-state index in [2.05, 4.69) is 10.2 Å². The molecule has 36 heavy (non-hydrogen) atoms. The first-order chi connectivity index (χ1) is 16.6. The summed E-state index contributed by atoms with van der Waals surface area (Å²) in [6.07, 6.45) is -10.8. The molecule has 0 saturated heterocycles. The van der Waals surface area contributed by atoms with Crippen molar-refractivity contribution in [2.45, 2.75) is 88.6 Å².